The second kappa shape index (κ2) is 287. The van der Waals surface area contributed by atoms with Gasteiger partial charge in [-0.05, 0) is 6.92 Å². The molecule has 0 aromatic carbocycles. The van der Waals surface area contributed by atoms with E-state index >= 15 is 0 Å². The maximum absolute atomic E-state index is 7.57. The van der Waals surface area contributed by atoms with Crippen molar-refractivity contribution < 1.29 is 10.2 Å². The molecule has 0 spiro atoms. The van der Waals surface area contributed by atoms with E-state index in [1.807, 2.05) is 13.8 Å². The van der Waals surface area contributed by atoms with Crippen molar-refractivity contribution in [1.82, 2.24) is 0 Å². The minimum Gasteiger partial charge on any atom is -0.400 e. The molecule has 0 aliphatic carbocycles. The predicted molar refractivity (Wildman–Crippen MR) is 39.0 cm³/mol. The van der Waals surface area contributed by atoms with E-state index in [4.69, 9.17) is 10.2 Å². The fourth-order valence-electron chi connectivity index (χ4n) is 0. The van der Waals surface area contributed by atoms with Crippen LogP contribution >= 0.6 is 0 Å². The molecule has 0 saturated carbocycles. The fraction of sp³-hybridized carbons (Fsp3) is 1.00. The molecule has 0 rings (SSSR count). The summed E-state index contributed by atoms with van der Waals surface area (Å²) in [5, 5.41) is 14.6. The summed E-state index contributed by atoms with van der Waals surface area (Å²) >= 11 is 0. The first-order valence-electron chi connectivity index (χ1n) is 2.47. The molecule has 0 bridgehead atoms. The summed E-state index contributed by atoms with van der Waals surface area (Å²) in [7, 11) is 1.00. The first kappa shape index (κ1) is 24.7. The highest BCUT2D eigenvalue weighted by Gasteiger charge is 1.34. The first-order chi connectivity index (χ1) is 3.41. The number of aliphatic hydroxyl groups excluding tert-OH is 2. The molecule has 2 N–H and O–H groups in total. The molecule has 0 aliphatic heterocycles. The van der Waals surface area contributed by atoms with Crippen LogP contribution in [0.4, 0.5) is 0 Å². The van der Waals surface area contributed by atoms with Crippen molar-refractivity contribution in [3.63, 3.8) is 0 Å². The number of hydrogen-bond acceptors (Lipinski definition) is 2. The van der Waals surface area contributed by atoms with Gasteiger partial charge in [-0.15, -0.1) is 0 Å². The molecule has 2 heteroatoms. The van der Waals surface area contributed by atoms with Gasteiger partial charge in [0.05, 0.1) is 0 Å². The van der Waals surface area contributed by atoms with Crippen LogP contribution in [0.2, 0.25) is 0 Å². The zero-order valence-corrected chi connectivity index (χ0v) is 5.60. The number of aliphatic hydroxyl groups is 2. The average Bonchev–Trinajstić information content (AvgIpc) is 1.78. The van der Waals surface area contributed by atoms with E-state index in [0.29, 0.717) is 0 Å². The largest absolute Gasteiger partial charge is 0.400 e. The van der Waals surface area contributed by atoms with Crippen LogP contribution in [0.3, 0.4) is 0 Å². The van der Waals surface area contributed by atoms with Gasteiger partial charge in [0.1, 0.15) is 0 Å². The van der Waals surface area contributed by atoms with Crippen LogP contribution < -0.4 is 0 Å². The van der Waals surface area contributed by atoms with Crippen molar-refractivity contribution in [3.8, 4) is 0 Å². The molecule has 0 aromatic rings. The summed E-state index contributed by atoms with van der Waals surface area (Å²) in [6.45, 7) is 5.93. The Hall–Kier alpha value is -0.0800. The van der Waals surface area contributed by atoms with Crippen LogP contribution in [0.15, 0.2) is 0 Å². The third-order valence-corrected chi connectivity index (χ3v) is 0. The Morgan fingerprint density at radius 1 is 1.12 bits per heavy atom. The van der Waals surface area contributed by atoms with E-state index in [-0.39, 0.29) is 14.0 Å². The highest BCUT2D eigenvalue weighted by atomic mass is 16.2. The topological polar surface area (TPSA) is 40.5 Å². The average molecular weight is 124 g/mol. The van der Waals surface area contributed by atoms with Crippen LogP contribution in [-0.4, -0.2) is 23.9 Å². The van der Waals surface area contributed by atoms with Gasteiger partial charge in [0, 0.05) is 13.7 Å². The fourth-order valence-corrected chi connectivity index (χ4v) is 0. The van der Waals surface area contributed by atoms with Crippen molar-refractivity contribution in [2.75, 3.05) is 13.7 Å². The molecular formula is C6H20O2. The smallest absolute Gasteiger partial charge is 0.0402 e. The van der Waals surface area contributed by atoms with Gasteiger partial charge < -0.3 is 10.2 Å². The van der Waals surface area contributed by atoms with Gasteiger partial charge in [-0.2, -0.15) is 0 Å². The van der Waals surface area contributed by atoms with E-state index < -0.39 is 0 Å². The molecule has 0 unspecified atom stereocenters. The molecule has 0 heterocycles. The van der Waals surface area contributed by atoms with E-state index in [9.17, 15) is 0 Å². The summed E-state index contributed by atoms with van der Waals surface area (Å²) in [4.78, 5) is 0. The van der Waals surface area contributed by atoms with E-state index in [1.165, 1.54) is 0 Å². The molecule has 0 saturated heterocycles. The van der Waals surface area contributed by atoms with Gasteiger partial charge in [0.15, 0.2) is 0 Å². The van der Waals surface area contributed by atoms with Gasteiger partial charge >= 0.3 is 0 Å². The highest BCUT2D eigenvalue weighted by molar-refractivity contribution is 3.84. The molecule has 0 aromatic heterocycles. The quantitative estimate of drug-likeness (QED) is 0.510. The molecule has 8 heavy (non-hydrogen) atoms. The van der Waals surface area contributed by atoms with Gasteiger partial charge in [0.25, 0.3) is 0 Å². The normalized spacial score (nSPS) is 3.75. The van der Waals surface area contributed by atoms with Crippen molar-refractivity contribution in [1.29, 1.82) is 0 Å². The monoisotopic (exact) mass is 124 g/mol. The summed E-state index contributed by atoms with van der Waals surface area (Å²) in [6, 6.07) is 0. The summed E-state index contributed by atoms with van der Waals surface area (Å²) < 4.78 is 0. The zero-order valence-electron chi connectivity index (χ0n) is 5.60. The Kier molecular flexibility index (Phi) is 884. The Labute approximate surface area is 53.2 Å². The van der Waals surface area contributed by atoms with Gasteiger partial charge in [-0.1, -0.05) is 21.3 Å². The minimum absolute atomic E-state index is 0. The molecule has 0 fully saturated rings. The van der Waals surface area contributed by atoms with Crippen LogP contribution in [0.25, 0.3) is 0 Å². The zero-order chi connectivity index (χ0) is 6.71. The second-order valence-electron chi connectivity index (χ2n) is 0.316. The molecule has 0 aliphatic rings. The molecule has 56 valence electrons. The highest BCUT2D eigenvalue weighted by Crippen LogP contribution is 1.30. The van der Waals surface area contributed by atoms with E-state index in [0.717, 1.165) is 7.11 Å². The van der Waals surface area contributed by atoms with Crippen molar-refractivity contribution in [2.45, 2.75) is 28.2 Å². The standard InChI is InChI=1S/C2H6O.C2H6.CH4O.CH4/c1-2-3;2*1-2;/h3H,2H2,1H3;1-2H3;2H,1H3;1H4. The molecule has 0 amide bonds. The Balaban J connectivity index is -0.0000000147. The lowest BCUT2D eigenvalue weighted by molar-refractivity contribution is 0.318. The van der Waals surface area contributed by atoms with Gasteiger partial charge in [-0.3, -0.25) is 0 Å². The van der Waals surface area contributed by atoms with Crippen LogP contribution in [0.1, 0.15) is 28.2 Å². The van der Waals surface area contributed by atoms with Gasteiger partial charge in [0.2, 0.25) is 0 Å². The summed E-state index contributed by atoms with van der Waals surface area (Å²) in [6.07, 6.45) is 0. The molecule has 2 nitrogen and oxygen atoms in total. The Morgan fingerprint density at radius 2 is 1.12 bits per heavy atom. The molecule has 0 radical (unpaired) electrons. The van der Waals surface area contributed by atoms with Crippen LogP contribution in [-0.2, 0) is 0 Å². The number of hydrogen-bond donors (Lipinski definition) is 2. The Bertz CT molecular complexity index is 6.49. The third kappa shape index (κ3) is 22400. The first-order valence-corrected chi connectivity index (χ1v) is 2.47. The molecule has 0 atom stereocenters. The Morgan fingerprint density at radius 3 is 1.12 bits per heavy atom. The lowest BCUT2D eigenvalue weighted by atomic mass is 10.9. The second-order valence-corrected chi connectivity index (χ2v) is 0.316. The van der Waals surface area contributed by atoms with Gasteiger partial charge in [-0.25, -0.2) is 0 Å². The van der Waals surface area contributed by atoms with Crippen LogP contribution in [0, 0.1) is 0 Å². The van der Waals surface area contributed by atoms with Crippen LogP contribution in [0.5, 0.6) is 0 Å². The SMILES string of the molecule is C.CC.CCO.CO. The van der Waals surface area contributed by atoms with E-state index in [1.54, 1.807) is 6.92 Å². The third-order valence-electron chi connectivity index (χ3n) is 0. The van der Waals surface area contributed by atoms with Crippen molar-refractivity contribution in [2.24, 2.45) is 0 Å². The molecular weight excluding hydrogens is 104 g/mol. The maximum atomic E-state index is 7.57. The maximum Gasteiger partial charge on any atom is 0.0402 e. The summed E-state index contributed by atoms with van der Waals surface area (Å²) in [5.41, 5.74) is 0. The van der Waals surface area contributed by atoms with Crippen molar-refractivity contribution >= 4 is 0 Å². The lowest BCUT2D eigenvalue weighted by Crippen LogP contribution is -1.57. The lowest BCUT2D eigenvalue weighted by Gasteiger charge is -1.52. The minimum atomic E-state index is 0. The number of rotatable bonds is 0. The summed E-state index contributed by atoms with van der Waals surface area (Å²) in [5.74, 6) is 0. The van der Waals surface area contributed by atoms with Crippen molar-refractivity contribution in [3.05, 3.63) is 0 Å². The predicted octanol–water partition coefficient (Wildman–Crippen LogP) is 1.27. The van der Waals surface area contributed by atoms with E-state index in [2.05, 4.69) is 0 Å².